The minimum atomic E-state index is -2.87. The Morgan fingerprint density at radius 1 is 1.16 bits per heavy atom. The van der Waals surface area contributed by atoms with Gasteiger partial charge < -0.3 is 10.1 Å². The van der Waals surface area contributed by atoms with Gasteiger partial charge in [-0.3, -0.25) is 0 Å². The van der Waals surface area contributed by atoms with E-state index in [1.165, 1.54) is 24.0 Å². The van der Waals surface area contributed by atoms with Crippen LogP contribution in [-0.4, -0.2) is 28.6 Å². The summed E-state index contributed by atoms with van der Waals surface area (Å²) in [7, 11) is 1.63. The van der Waals surface area contributed by atoms with Gasteiger partial charge in [-0.15, -0.1) is 0 Å². The fraction of sp³-hybridized carbons (Fsp3) is 0.304. The van der Waals surface area contributed by atoms with E-state index in [4.69, 9.17) is 4.74 Å². The summed E-state index contributed by atoms with van der Waals surface area (Å²) in [5.41, 5.74) is 2.42. The Hall–Kier alpha value is -2.74. The highest BCUT2D eigenvalue weighted by Gasteiger charge is 2.21. The van der Waals surface area contributed by atoms with Crippen molar-refractivity contribution in [2.75, 3.05) is 23.9 Å². The molecule has 4 nitrogen and oxygen atoms in total. The largest absolute Gasteiger partial charge is 0.496 e. The molecule has 0 aliphatic carbocycles. The molecule has 1 unspecified atom stereocenters. The molecular weight excluding hydrogens is 423 g/mol. The molecule has 1 N–H and O–H groups in total. The molecule has 1 aliphatic rings. The van der Waals surface area contributed by atoms with Crippen LogP contribution in [0.2, 0.25) is 0 Å². The molecule has 4 rings (SSSR count). The van der Waals surface area contributed by atoms with E-state index >= 15 is 0 Å². The molecular formula is C23H22F3N3OS. The summed E-state index contributed by atoms with van der Waals surface area (Å²) >= 11 is 1.88. The molecule has 2 aromatic carbocycles. The first-order valence-corrected chi connectivity index (χ1v) is 11.1. The van der Waals surface area contributed by atoms with Gasteiger partial charge >= 0.3 is 0 Å². The van der Waals surface area contributed by atoms with Crippen molar-refractivity contribution in [1.82, 2.24) is 9.97 Å². The summed E-state index contributed by atoms with van der Waals surface area (Å²) < 4.78 is 46.4. The molecule has 0 saturated heterocycles. The van der Waals surface area contributed by atoms with Crippen LogP contribution in [0.3, 0.4) is 0 Å². The number of nitrogens with zero attached hydrogens (tertiary/aromatic N) is 2. The second kappa shape index (κ2) is 9.18. The number of allylic oxidation sites excluding steroid dienone is 1. The third-order valence-electron chi connectivity index (χ3n) is 5.38. The molecule has 0 spiro atoms. The van der Waals surface area contributed by atoms with Gasteiger partial charge in [-0.05, 0) is 30.7 Å². The number of nitrogens with one attached hydrogen (secondary N) is 1. The summed E-state index contributed by atoms with van der Waals surface area (Å²) in [4.78, 5) is 8.69. The first-order valence-electron chi connectivity index (χ1n) is 9.92. The zero-order valence-electron chi connectivity index (χ0n) is 17.2. The van der Waals surface area contributed by atoms with E-state index in [0.29, 0.717) is 11.3 Å². The Kier molecular flexibility index (Phi) is 6.36. The molecule has 0 fully saturated rings. The Morgan fingerprint density at radius 3 is 2.68 bits per heavy atom. The lowest BCUT2D eigenvalue weighted by Crippen LogP contribution is -2.12. The Labute approximate surface area is 182 Å². The first kappa shape index (κ1) is 21.5. The molecule has 0 bridgehead atoms. The lowest BCUT2D eigenvalue weighted by atomic mass is 9.99. The molecule has 162 valence electrons. The van der Waals surface area contributed by atoms with E-state index in [1.54, 1.807) is 14.0 Å². The van der Waals surface area contributed by atoms with Gasteiger partial charge in [-0.25, -0.2) is 23.1 Å². The number of benzene rings is 2. The van der Waals surface area contributed by atoms with Gasteiger partial charge in [0.25, 0.3) is 6.43 Å². The van der Waals surface area contributed by atoms with Crippen LogP contribution in [0.25, 0.3) is 16.5 Å². The Morgan fingerprint density at radius 2 is 1.97 bits per heavy atom. The van der Waals surface area contributed by atoms with Crippen molar-refractivity contribution in [1.29, 1.82) is 0 Å². The van der Waals surface area contributed by atoms with Crippen molar-refractivity contribution in [3.63, 3.8) is 0 Å². The smallest absolute Gasteiger partial charge is 0.266 e. The number of hydrogen-bond donors (Lipinski definition) is 1. The number of halogens is 3. The highest BCUT2D eigenvalue weighted by molar-refractivity contribution is 7.99. The molecule has 1 atom stereocenters. The van der Waals surface area contributed by atoms with E-state index in [0.717, 1.165) is 40.7 Å². The number of rotatable bonds is 6. The number of fused-ring (bicyclic) bond motifs is 1. The van der Waals surface area contributed by atoms with Gasteiger partial charge in [-0.2, -0.15) is 11.8 Å². The van der Waals surface area contributed by atoms with Crippen LogP contribution in [0.5, 0.6) is 5.75 Å². The summed E-state index contributed by atoms with van der Waals surface area (Å²) in [6.07, 6.45) is 1.68. The highest BCUT2D eigenvalue weighted by atomic mass is 32.2. The van der Waals surface area contributed by atoms with E-state index < -0.39 is 23.8 Å². The van der Waals surface area contributed by atoms with E-state index in [2.05, 4.69) is 21.4 Å². The fourth-order valence-corrected chi connectivity index (χ4v) is 4.59. The average molecular weight is 446 g/mol. The maximum atomic E-state index is 14.6. The molecule has 1 aromatic heterocycles. The van der Waals surface area contributed by atoms with Gasteiger partial charge in [0.05, 0.1) is 24.2 Å². The van der Waals surface area contributed by atoms with E-state index in [9.17, 15) is 13.2 Å². The Balaban J connectivity index is 1.74. The highest BCUT2D eigenvalue weighted by Crippen LogP contribution is 2.37. The minimum Gasteiger partial charge on any atom is -0.496 e. The van der Waals surface area contributed by atoms with Crippen molar-refractivity contribution in [2.45, 2.75) is 25.8 Å². The lowest BCUT2D eigenvalue weighted by Gasteiger charge is -2.20. The quantitative estimate of drug-likeness (QED) is 0.475. The summed E-state index contributed by atoms with van der Waals surface area (Å²) in [5.74, 6) is 2.33. The van der Waals surface area contributed by atoms with Crippen molar-refractivity contribution >= 4 is 34.1 Å². The van der Waals surface area contributed by atoms with E-state index in [1.807, 2.05) is 23.9 Å². The van der Waals surface area contributed by atoms with Gasteiger partial charge in [0.15, 0.2) is 0 Å². The number of thioether (sulfide) groups is 1. The van der Waals surface area contributed by atoms with Crippen LogP contribution in [0.4, 0.5) is 19.0 Å². The number of anilines is 1. The van der Waals surface area contributed by atoms with Crippen molar-refractivity contribution < 1.29 is 17.9 Å². The van der Waals surface area contributed by atoms with Crippen LogP contribution in [0.1, 0.15) is 42.5 Å². The second-order valence-corrected chi connectivity index (χ2v) is 8.41. The zero-order valence-corrected chi connectivity index (χ0v) is 18.0. The van der Waals surface area contributed by atoms with Crippen LogP contribution in [0.15, 0.2) is 42.7 Å². The molecule has 2 heterocycles. The van der Waals surface area contributed by atoms with Crippen LogP contribution in [-0.2, 0) is 0 Å². The van der Waals surface area contributed by atoms with Crippen molar-refractivity contribution in [3.05, 3.63) is 65.2 Å². The number of aromatic nitrogens is 2. The third-order valence-corrected chi connectivity index (χ3v) is 6.27. The normalized spacial score (nSPS) is 15.1. The van der Waals surface area contributed by atoms with Gasteiger partial charge in [-0.1, -0.05) is 24.3 Å². The minimum absolute atomic E-state index is 0.158. The predicted molar refractivity (Wildman–Crippen MR) is 119 cm³/mol. The standard InChI is InChI=1S/C23H22F3N3OS/c1-13(15-4-3-5-16(21(15)24)22(25)26)29-23-18-10-17(14-6-8-31-9-7-14)20(30-2)11-19(18)27-12-28-23/h3-6,10-13,22H,7-9H2,1-2H3,(H,27,28,29). The SMILES string of the molecule is COc1cc2ncnc(NC(C)c3cccc(C(F)F)c3F)c2cc1C1=CCSCC1. The maximum Gasteiger partial charge on any atom is 0.266 e. The molecule has 1 aliphatic heterocycles. The lowest BCUT2D eigenvalue weighted by molar-refractivity contribution is 0.146. The molecule has 0 radical (unpaired) electrons. The van der Waals surface area contributed by atoms with Gasteiger partial charge in [0.1, 0.15) is 23.7 Å². The molecule has 31 heavy (non-hydrogen) atoms. The Bertz CT molecular complexity index is 1140. The second-order valence-electron chi connectivity index (χ2n) is 7.26. The summed E-state index contributed by atoms with van der Waals surface area (Å²) in [6.45, 7) is 1.72. The summed E-state index contributed by atoms with van der Waals surface area (Å²) in [5, 5.41) is 3.93. The monoisotopic (exact) mass is 445 g/mol. The van der Waals surface area contributed by atoms with Gasteiger partial charge in [0, 0.05) is 28.3 Å². The predicted octanol–water partition coefficient (Wildman–Crippen LogP) is 6.41. The van der Waals surface area contributed by atoms with Crippen molar-refractivity contribution in [2.24, 2.45) is 0 Å². The first-order chi connectivity index (χ1) is 15.0. The van der Waals surface area contributed by atoms with E-state index in [-0.39, 0.29) is 5.56 Å². The zero-order chi connectivity index (χ0) is 22.0. The number of hydrogen-bond acceptors (Lipinski definition) is 5. The number of ether oxygens (including phenoxy) is 1. The van der Waals surface area contributed by atoms with Crippen LogP contribution >= 0.6 is 11.8 Å². The number of alkyl halides is 2. The number of methoxy groups -OCH3 is 1. The third kappa shape index (κ3) is 4.35. The summed E-state index contributed by atoms with van der Waals surface area (Å²) in [6, 6.07) is 7.31. The molecule has 0 amide bonds. The van der Waals surface area contributed by atoms with Crippen molar-refractivity contribution in [3.8, 4) is 5.75 Å². The van der Waals surface area contributed by atoms with Crippen LogP contribution in [0, 0.1) is 5.82 Å². The molecule has 8 heteroatoms. The average Bonchev–Trinajstić information content (AvgIpc) is 2.78. The maximum absolute atomic E-state index is 14.6. The van der Waals surface area contributed by atoms with Gasteiger partial charge in [0.2, 0.25) is 0 Å². The molecule has 3 aromatic rings. The topological polar surface area (TPSA) is 47.0 Å². The molecule has 0 saturated carbocycles. The fourth-order valence-electron chi connectivity index (χ4n) is 3.74. The van der Waals surface area contributed by atoms with Crippen LogP contribution < -0.4 is 10.1 Å².